The third kappa shape index (κ3) is 2.55. The molecule has 0 aromatic heterocycles. The smallest absolute Gasteiger partial charge is 0.313 e. The number of aryl methyl sites for hydroxylation is 1. The standard InChI is InChI=1S/C8H8NOS/c1-6-2-4-7(5-3-6)9-8(10)11/h2-5H,1H3,(H,9,11). The number of thiocarbonyl (C=S) groups is 1. The predicted octanol–water partition coefficient (Wildman–Crippen LogP) is 2.12. The van der Waals surface area contributed by atoms with Gasteiger partial charge < -0.3 is 5.32 Å². The summed E-state index contributed by atoms with van der Waals surface area (Å²) >= 11 is 4.34. The molecule has 0 unspecified atom stereocenters. The van der Waals surface area contributed by atoms with E-state index >= 15 is 0 Å². The van der Waals surface area contributed by atoms with Gasteiger partial charge in [-0.25, -0.2) is 0 Å². The predicted molar refractivity (Wildman–Crippen MR) is 48.1 cm³/mol. The highest BCUT2D eigenvalue weighted by Gasteiger charge is 1.93. The van der Waals surface area contributed by atoms with Crippen LogP contribution in [0.15, 0.2) is 24.3 Å². The van der Waals surface area contributed by atoms with E-state index in [1.54, 1.807) is 0 Å². The molecule has 1 rings (SSSR count). The minimum Gasteiger partial charge on any atom is -0.313 e. The van der Waals surface area contributed by atoms with Gasteiger partial charge in [-0.3, -0.25) is 5.11 Å². The van der Waals surface area contributed by atoms with E-state index in [-0.39, 0.29) is 0 Å². The molecule has 1 radical (unpaired) electrons. The summed E-state index contributed by atoms with van der Waals surface area (Å²) in [5.41, 5.74) is 1.91. The van der Waals surface area contributed by atoms with Gasteiger partial charge in [-0.05, 0) is 31.3 Å². The van der Waals surface area contributed by atoms with Gasteiger partial charge in [-0.2, -0.15) is 0 Å². The van der Waals surface area contributed by atoms with Gasteiger partial charge in [-0.1, -0.05) is 17.7 Å². The van der Waals surface area contributed by atoms with E-state index in [2.05, 4.69) is 17.5 Å². The highest BCUT2D eigenvalue weighted by molar-refractivity contribution is 7.80. The second-order valence-corrected chi connectivity index (χ2v) is 2.65. The molecule has 0 heterocycles. The molecule has 0 saturated carbocycles. The van der Waals surface area contributed by atoms with Crippen molar-refractivity contribution in [2.24, 2.45) is 0 Å². The topological polar surface area (TPSA) is 31.9 Å². The van der Waals surface area contributed by atoms with Crippen LogP contribution < -0.4 is 5.32 Å². The Morgan fingerprint density at radius 1 is 1.36 bits per heavy atom. The molecule has 57 valence electrons. The van der Waals surface area contributed by atoms with Crippen LogP contribution in [0, 0.1) is 6.92 Å². The van der Waals surface area contributed by atoms with E-state index in [1.165, 1.54) is 0 Å². The first-order chi connectivity index (χ1) is 5.18. The lowest BCUT2D eigenvalue weighted by Crippen LogP contribution is -2.04. The van der Waals surface area contributed by atoms with E-state index in [0.717, 1.165) is 11.3 Å². The maximum Gasteiger partial charge on any atom is 0.314 e. The van der Waals surface area contributed by atoms with Crippen molar-refractivity contribution < 1.29 is 5.11 Å². The van der Waals surface area contributed by atoms with Crippen LogP contribution in [0.2, 0.25) is 0 Å². The first-order valence-corrected chi connectivity index (χ1v) is 3.64. The fourth-order valence-corrected chi connectivity index (χ4v) is 0.873. The lowest BCUT2D eigenvalue weighted by Gasteiger charge is -1.99. The zero-order valence-corrected chi connectivity index (χ0v) is 6.94. The van der Waals surface area contributed by atoms with Gasteiger partial charge in [0.2, 0.25) is 0 Å². The summed E-state index contributed by atoms with van der Waals surface area (Å²) in [6.07, 6.45) is 0. The molecular weight excluding hydrogens is 158 g/mol. The van der Waals surface area contributed by atoms with Gasteiger partial charge in [0.1, 0.15) is 0 Å². The van der Waals surface area contributed by atoms with Gasteiger partial charge in [0.05, 0.1) is 0 Å². The van der Waals surface area contributed by atoms with Crippen LogP contribution >= 0.6 is 12.2 Å². The van der Waals surface area contributed by atoms with Crippen LogP contribution in [0.4, 0.5) is 5.69 Å². The molecule has 1 N–H and O–H groups in total. The van der Waals surface area contributed by atoms with E-state index in [0.29, 0.717) is 0 Å². The molecule has 0 bridgehead atoms. The van der Waals surface area contributed by atoms with Gasteiger partial charge in [0.15, 0.2) is 0 Å². The van der Waals surface area contributed by atoms with Crippen molar-refractivity contribution in [1.29, 1.82) is 0 Å². The Morgan fingerprint density at radius 2 is 1.91 bits per heavy atom. The van der Waals surface area contributed by atoms with Gasteiger partial charge in [0.25, 0.3) is 0 Å². The van der Waals surface area contributed by atoms with Gasteiger partial charge >= 0.3 is 5.17 Å². The van der Waals surface area contributed by atoms with Crippen LogP contribution in [0.5, 0.6) is 0 Å². The first-order valence-electron chi connectivity index (χ1n) is 3.23. The van der Waals surface area contributed by atoms with Crippen molar-refractivity contribution in [1.82, 2.24) is 0 Å². The molecule has 0 fully saturated rings. The maximum atomic E-state index is 10.4. The van der Waals surface area contributed by atoms with Crippen molar-refractivity contribution >= 4 is 23.1 Å². The first kappa shape index (κ1) is 8.01. The lowest BCUT2D eigenvalue weighted by molar-refractivity contribution is 0.440. The Labute approximate surface area is 70.9 Å². The van der Waals surface area contributed by atoms with Crippen LogP contribution in [-0.4, -0.2) is 5.17 Å². The lowest BCUT2D eigenvalue weighted by atomic mass is 10.2. The Bertz CT molecular complexity index is 255. The fraction of sp³-hybridized carbons (Fsp3) is 0.125. The molecule has 0 aliphatic carbocycles. The molecule has 1 aromatic rings. The second kappa shape index (κ2) is 3.34. The second-order valence-electron chi connectivity index (χ2n) is 2.28. The summed E-state index contributed by atoms with van der Waals surface area (Å²) < 4.78 is 0. The van der Waals surface area contributed by atoms with E-state index in [1.807, 2.05) is 31.2 Å². The number of anilines is 1. The number of rotatable bonds is 1. The molecule has 0 atom stereocenters. The molecule has 0 aliphatic heterocycles. The SMILES string of the molecule is Cc1ccc(NC([O])=S)cc1. The van der Waals surface area contributed by atoms with E-state index in [9.17, 15) is 5.11 Å². The number of hydrogen-bond donors (Lipinski definition) is 1. The summed E-state index contributed by atoms with van der Waals surface area (Å²) in [7, 11) is 0. The summed E-state index contributed by atoms with van der Waals surface area (Å²) in [6.45, 7) is 1.99. The highest BCUT2D eigenvalue weighted by Crippen LogP contribution is 2.07. The third-order valence-corrected chi connectivity index (χ3v) is 1.40. The van der Waals surface area contributed by atoms with Crippen molar-refractivity contribution in [2.45, 2.75) is 6.92 Å². The molecule has 0 saturated heterocycles. The quantitative estimate of drug-likeness (QED) is 0.648. The minimum absolute atomic E-state index is 0.450. The summed E-state index contributed by atoms with van der Waals surface area (Å²) in [5, 5.41) is 12.5. The summed E-state index contributed by atoms with van der Waals surface area (Å²) in [6, 6.07) is 7.47. The largest absolute Gasteiger partial charge is 0.314 e. The molecule has 0 aliphatic rings. The Kier molecular flexibility index (Phi) is 2.44. The van der Waals surface area contributed by atoms with E-state index in [4.69, 9.17) is 0 Å². The van der Waals surface area contributed by atoms with Crippen molar-refractivity contribution in [3.63, 3.8) is 0 Å². The van der Waals surface area contributed by atoms with Gasteiger partial charge in [0, 0.05) is 5.69 Å². The van der Waals surface area contributed by atoms with Gasteiger partial charge in [-0.15, -0.1) is 0 Å². The molecule has 11 heavy (non-hydrogen) atoms. The maximum absolute atomic E-state index is 10.4. The van der Waals surface area contributed by atoms with Crippen molar-refractivity contribution in [3.8, 4) is 0 Å². The van der Waals surface area contributed by atoms with Crippen LogP contribution in [-0.2, 0) is 5.11 Å². The molecular formula is C8H8NOS. The Balaban J connectivity index is 2.74. The number of nitrogens with one attached hydrogen (secondary N) is 1. The highest BCUT2D eigenvalue weighted by atomic mass is 32.1. The molecule has 0 amide bonds. The zero-order chi connectivity index (χ0) is 8.27. The molecule has 2 nitrogen and oxygen atoms in total. The summed E-state index contributed by atoms with van der Waals surface area (Å²) in [5.74, 6) is 0. The molecule has 3 heteroatoms. The monoisotopic (exact) mass is 166 g/mol. The van der Waals surface area contributed by atoms with E-state index < -0.39 is 5.17 Å². The Morgan fingerprint density at radius 3 is 2.36 bits per heavy atom. The van der Waals surface area contributed by atoms with Crippen LogP contribution in [0.1, 0.15) is 5.56 Å². The minimum atomic E-state index is -0.450. The molecule has 1 aromatic carbocycles. The van der Waals surface area contributed by atoms with Crippen molar-refractivity contribution in [3.05, 3.63) is 29.8 Å². The number of hydrogen-bond acceptors (Lipinski definition) is 1. The van der Waals surface area contributed by atoms with Crippen molar-refractivity contribution in [2.75, 3.05) is 5.32 Å². The molecule has 0 spiro atoms. The average Bonchev–Trinajstić information content (AvgIpc) is 1.93. The summed E-state index contributed by atoms with van der Waals surface area (Å²) in [4.78, 5) is 0. The number of benzene rings is 1. The van der Waals surface area contributed by atoms with Crippen LogP contribution in [0.3, 0.4) is 0 Å². The Hall–Kier alpha value is -1.09. The average molecular weight is 166 g/mol. The fourth-order valence-electron chi connectivity index (χ4n) is 0.755. The third-order valence-electron chi connectivity index (χ3n) is 1.30. The normalized spacial score (nSPS) is 9.18. The van der Waals surface area contributed by atoms with Crippen LogP contribution in [0.25, 0.3) is 0 Å². The zero-order valence-electron chi connectivity index (χ0n) is 6.13.